The van der Waals surface area contributed by atoms with Gasteiger partial charge in [0.05, 0.1) is 18.4 Å². The lowest BCUT2D eigenvalue weighted by Gasteiger charge is -2.26. The molecule has 5 rings (SSSR count). The molecule has 4 heterocycles. The van der Waals surface area contributed by atoms with Crippen LogP contribution in [0.25, 0.3) is 17.0 Å². The Labute approximate surface area is 171 Å². The van der Waals surface area contributed by atoms with Crippen molar-refractivity contribution >= 4 is 11.6 Å². The van der Waals surface area contributed by atoms with Gasteiger partial charge in [-0.2, -0.15) is 14.6 Å². The molecule has 152 valence electrons. The molecule has 29 heavy (non-hydrogen) atoms. The smallest absolute Gasteiger partial charge is 0.254 e. The van der Waals surface area contributed by atoms with Crippen LogP contribution in [-0.2, 0) is 4.74 Å². The summed E-state index contributed by atoms with van der Waals surface area (Å²) in [5, 5.41) is 4.40. The van der Waals surface area contributed by atoms with Crippen molar-refractivity contribution in [2.24, 2.45) is 0 Å². The number of aromatic nitrogens is 4. The van der Waals surface area contributed by atoms with Gasteiger partial charge in [0.1, 0.15) is 12.1 Å². The minimum atomic E-state index is 0.270. The highest BCUT2D eigenvalue weighted by Crippen LogP contribution is 2.27. The monoisotopic (exact) mass is 392 g/mol. The second-order valence-corrected chi connectivity index (χ2v) is 7.97. The Balaban J connectivity index is 1.28. The number of piperidine rings is 1. The molecule has 0 radical (unpaired) electrons. The molecule has 1 aromatic carbocycles. The maximum atomic E-state index is 6.22. The molecule has 1 unspecified atom stereocenters. The van der Waals surface area contributed by atoms with Gasteiger partial charge in [0.2, 0.25) is 0 Å². The summed E-state index contributed by atoms with van der Waals surface area (Å²) in [6, 6.07) is 12.4. The predicted octanol–water partition coefficient (Wildman–Crippen LogP) is 2.87. The number of anilines is 1. The number of nitrogens with zero attached hydrogens (tertiary/aromatic N) is 6. The Morgan fingerprint density at radius 3 is 2.76 bits per heavy atom. The number of ether oxygens (including phenoxy) is 1. The Morgan fingerprint density at radius 2 is 1.90 bits per heavy atom. The number of rotatable bonds is 6. The van der Waals surface area contributed by atoms with Crippen LogP contribution in [0.3, 0.4) is 0 Å². The predicted molar refractivity (Wildman–Crippen MR) is 113 cm³/mol. The molecule has 0 bridgehead atoms. The lowest BCUT2D eigenvalue weighted by Crippen LogP contribution is -2.34. The highest BCUT2D eigenvalue weighted by Gasteiger charge is 2.26. The van der Waals surface area contributed by atoms with E-state index in [4.69, 9.17) is 4.74 Å². The minimum Gasteiger partial charge on any atom is -0.375 e. The lowest BCUT2D eigenvalue weighted by molar-refractivity contribution is 0.0467. The van der Waals surface area contributed by atoms with E-state index >= 15 is 0 Å². The largest absolute Gasteiger partial charge is 0.375 e. The summed E-state index contributed by atoms with van der Waals surface area (Å²) in [5.74, 6) is 1.67. The quantitative estimate of drug-likeness (QED) is 0.643. The van der Waals surface area contributed by atoms with Crippen LogP contribution in [0.15, 0.2) is 42.7 Å². The van der Waals surface area contributed by atoms with E-state index < -0.39 is 0 Å². The first-order valence-corrected chi connectivity index (χ1v) is 10.7. The van der Waals surface area contributed by atoms with Gasteiger partial charge in [-0.1, -0.05) is 36.8 Å². The van der Waals surface area contributed by atoms with Crippen LogP contribution < -0.4 is 4.90 Å². The highest BCUT2D eigenvalue weighted by atomic mass is 16.5. The molecule has 7 heteroatoms. The highest BCUT2D eigenvalue weighted by molar-refractivity contribution is 5.65. The van der Waals surface area contributed by atoms with Crippen molar-refractivity contribution in [3.63, 3.8) is 0 Å². The van der Waals surface area contributed by atoms with E-state index in [1.807, 2.05) is 22.7 Å². The molecule has 1 atom stereocenters. The molecule has 2 aliphatic rings. The van der Waals surface area contributed by atoms with E-state index in [0.717, 1.165) is 49.7 Å². The van der Waals surface area contributed by atoms with E-state index in [9.17, 15) is 0 Å². The third kappa shape index (κ3) is 4.11. The fourth-order valence-corrected chi connectivity index (χ4v) is 4.38. The molecule has 2 aliphatic heterocycles. The molecular weight excluding hydrogens is 364 g/mol. The zero-order valence-electron chi connectivity index (χ0n) is 16.8. The Hall–Kier alpha value is -2.51. The summed E-state index contributed by atoms with van der Waals surface area (Å²) in [5.41, 5.74) is 2.02. The summed E-state index contributed by atoms with van der Waals surface area (Å²) in [6.07, 6.45) is 6.92. The van der Waals surface area contributed by atoms with Crippen molar-refractivity contribution in [2.75, 3.05) is 44.2 Å². The van der Waals surface area contributed by atoms with E-state index in [-0.39, 0.29) is 6.10 Å². The van der Waals surface area contributed by atoms with Crippen molar-refractivity contribution in [3.05, 3.63) is 42.7 Å². The van der Waals surface area contributed by atoms with Crippen LogP contribution in [0, 0.1) is 0 Å². The summed E-state index contributed by atoms with van der Waals surface area (Å²) in [4.78, 5) is 13.9. The molecule has 2 saturated heterocycles. The van der Waals surface area contributed by atoms with E-state index in [1.54, 1.807) is 6.33 Å². The number of hydrogen-bond acceptors (Lipinski definition) is 6. The van der Waals surface area contributed by atoms with Crippen LogP contribution in [0.5, 0.6) is 0 Å². The second kappa shape index (κ2) is 8.47. The number of hydrogen-bond donors (Lipinski definition) is 0. The van der Waals surface area contributed by atoms with Crippen molar-refractivity contribution in [1.82, 2.24) is 24.5 Å². The fraction of sp³-hybridized carbons (Fsp3) is 0.500. The Bertz CT molecular complexity index is 937. The van der Waals surface area contributed by atoms with Crippen molar-refractivity contribution in [2.45, 2.75) is 31.8 Å². The standard InChI is InChI=1S/C22H28N6O/c1-3-7-18(8-4-1)20-15-21(28-22(25-20)23-17-24-28)27-12-9-19(16-27)29-14-13-26-10-5-2-6-11-26/h1,3-4,7-8,15,17,19H,2,5-6,9-14,16H2. The van der Waals surface area contributed by atoms with E-state index in [1.165, 1.54) is 32.4 Å². The summed E-state index contributed by atoms with van der Waals surface area (Å²) >= 11 is 0. The van der Waals surface area contributed by atoms with Gasteiger partial charge < -0.3 is 14.5 Å². The average Bonchev–Trinajstić information content (AvgIpc) is 3.44. The Morgan fingerprint density at radius 1 is 1.03 bits per heavy atom. The van der Waals surface area contributed by atoms with Crippen molar-refractivity contribution in [3.8, 4) is 11.3 Å². The van der Waals surface area contributed by atoms with E-state index in [0.29, 0.717) is 5.78 Å². The maximum Gasteiger partial charge on any atom is 0.254 e. The van der Waals surface area contributed by atoms with Gasteiger partial charge in [-0.05, 0) is 32.4 Å². The van der Waals surface area contributed by atoms with Gasteiger partial charge >= 0.3 is 0 Å². The molecule has 3 aromatic rings. The molecule has 7 nitrogen and oxygen atoms in total. The minimum absolute atomic E-state index is 0.270. The van der Waals surface area contributed by atoms with Gasteiger partial charge in [0, 0.05) is 31.3 Å². The normalized spacial score (nSPS) is 20.6. The van der Waals surface area contributed by atoms with Gasteiger partial charge in [-0.3, -0.25) is 0 Å². The third-order valence-electron chi connectivity index (χ3n) is 5.98. The van der Waals surface area contributed by atoms with Gasteiger partial charge in [-0.15, -0.1) is 0 Å². The van der Waals surface area contributed by atoms with Crippen molar-refractivity contribution in [1.29, 1.82) is 0 Å². The third-order valence-corrected chi connectivity index (χ3v) is 5.98. The fourth-order valence-electron chi connectivity index (χ4n) is 4.38. The molecule has 0 N–H and O–H groups in total. The lowest BCUT2D eigenvalue weighted by atomic mass is 10.1. The van der Waals surface area contributed by atoms with E-state index in [2.05, 4.69) is 43.1 Å². The molecule has 2 fully saturated rings. The average molecular weight is 393 g/mol. The number of fused-ring (bicyclic) bond motifs is 1. The molecule has 0 amide bonds. The first-order chi connectivity index (χ1) is 14.4. The molecule has 2 aromatic heterocycles. The van der Waals surface area contributed by atoms with Gasteiger partial charge in [0.15, 0.2) is 0 Å². The van der Waals surface area contributed by atoms with Crippen LogP contribution >= 0.6 is 0 Å². The topological polar surface area (TPSA) is 58.8 Å². The first-order valence-electron chi connectivity index (χ1n) is 10.7. The summed E-state index contributed by atoms with van der Waals surface area (Å²) in [7, 11) is 0. The van der Waals surface area contributed by atoms with Crippen LogP contribution in [0.2, 0.25) is 0 Å². The molecule has 0 saturated carbocycles. The van der Waals surface area contributed by atoms with Gasteiger partial charge in [0.25, 0.3) is 5.78 Å². The van der Waals surface area contributed by atoms with Crippen LogP contribution in [0.4, 0.5) is 5.82 Å². The summed E-state index contributed by atoms with van der Waals surface area (Å²) in [6.45, 7) is 6.17. The SMILES string of the molecule is c1ccc(-c2cc(N3CCC(OCCN4CCCCC4)C3)n3ncnc3n2)cc1. The molecular formula is C22H28N6O. The van der Waals surface area contributed by atoms with Crippen LogP contribution in [0.1, 0.15) is 25.7 Å². The first kappa shape index (κ1) is 18.5. The van der Waals surface area contributed by atoms with Crippen LogP contribution in [-0.4, -0.2) is 69.9 Å². The number of likely N-dealkylation sites (tertiary alicyclic amines) is 1. The van der Waals surface area contributed by atoms with Crippen molar-refractivity contribution < 1.29 is 4.74 Å². The zero-order chi connectivity index (χ0) is 19.5. The maximum absolute atomic E-state index is 6.22. The second-order valence-electron chi connectivity index (χ2n) is 7.97. The Kier molecular flexibility index (Phi) is 5.41. The summed E-state index contributed by atoms with van der Waals surface area (Å²) < 4.78 is 8.06. The zero-order valence-corrected chi connectivity index (χ0v) is 16.8. The molecule has 0 spiro atoms. The van der Waals surface area contributed by atoms with Gasteiger partial charge in [-0.25, -0.2) is 4.98 Å². The molecule has 0 aliphatic carbocycles. The number of benzene rings is 1.